The van der Waals surface area contributed by atoms with Crippen LogP contribution < -0.4 is 4.80 Å². The molecule has 124 valence electrons. The van der Waals surface area contributed by atoms with E-state index < -0.39 is 0 Å². The van der Waals surface area contributed by atoms with Gasteiger partial charge in [0.25, 0.3) is 5.91 Å². The largest absolute Gasteiger partial charge is 0.316 e. The molecule has 0 saturated heterocycles. The molecule has 0 saturated carbocycles. The highest BCUT2D eigenvalue weighted by Crippen LogP contribution is 2.20. The first-order valence-corrected chi connectivity index (χ1v) is 10.1. The Morgan fingerprint density at radius 2 is 2.08 bits per heavy atom. The third kappa shape index (κ3) is 3.58. The number of aryl methyl sites for hydroxylation is 2. The van der Waals surface area contributed by atoms with Gasteiger partial charge in [-0.15, -0.1) is 0 Å². The zero-order valence-corrected chi connectivity index (χ0v) is 15.8. The maximum Gasteiger partial charge on any atom is 0.281 e. The van der Waals surface area contributed by atoms with Crippen LogP contribution in [0, 0.1) is 6.92 Å². The highest BCUT2D eigenvalue weighted by Gasteiger charge is 2.11. The Hall–Kier alpha value is -1.56. The van der Waals surface area contributed by atoms with Gasteiger partial charge in [0.2, 0.25) is 0 Å². The second kappa shape index (κ2) is 7.55. The van der Waals surface area contributed by atoms with Crippen LogP contribution in [0.3, 0.4) is 0 Å². The summed E-state index contributed by atoms with van der Waals surface area (Å²) in [4.78, 5) is 17.6. The van der Waals surface area contributed by atoms with Gasteiger partial charge in [0.05, 0.1) is 20.8 Å². The smallest absolute Gasteiger partial charge is 0.281 e. The van der Waals surface area contributed by atoms with Gasteiger partial charge in [0, 0.05) is 12.3 Å². The Balaban J connectivity index is 2.13. The molecule has 0 radical (unpaired) electrons. The lowest BCUT2D eigenvalue weighted by atomic mass is 10.2. The lowest BCUT2D eigenvalue weighted by Gasteiger charge is -2.04. The van der Waals surface area contributed by atoms with Gasteiger partial charge in [-0.05, 0) is 43.0 Å². The van der Waals surface area contributed by atoms with Crippen LogP contribution in [0.15, 0.2) is 47.5 Å². The summed E-state index contributed by atoms with van der Waals surface area (Å²) >= 11 is 9.44. The number of benzene rings is 2. The van der Waals surface area contributed by atoms with Crippen molar-refractivity contribution in [3.8, 4) is 0 Å². The Kier molecular flexibility index (Phi) is 5.43. The molecule has 1 amide bonds. The third-order valence-corrected chi connectivity index (χ3v) is 5.62. The van der Waals surface area contributed by atoms with Gasteiger partial charge in [0.15, 0.2) is 4.80 Å². The fourth-order valence-electron chi connectivity index (χ4n) is 2.45. The molecule has 0 bridgehead atoms. The Labute approximate surface area is 154 Å². The molecule has 2 aromatic carbocycles. The number of thioether (sulfide) groups is 1. The van der Waals surface area contributed by atoms with Crippen molar-refractivity contribution in [3.05, 3.63) is 63.4 Å². The first-order valence-electron chi connectivity index (χ1n) is 7.52. The number of carbonyl (C=O) groups is 1. The molecule has 0 atom stereocenters. The SMILES string of the molecule is CSCCn1c(=NC(=O)c2ccccc2Cl)sc2cc(C)ccc21. The second-order valence-electron chi connectivity index (χ2n) is 5.40. The van der Waals surface area contributed by atoms with E-state index in [1.165, 1.54) is 5.56 Å². The number of aromatic nitrogens is 1. The number of halogens is 1. The van der Waals surface area contributed by atoms with Crippen molar-refractivity contribution in [3.63, 3.8) is 0 Å². The molecule has 3 aromatic rings. The van der Waals surface area contributed by atoms with Crippen molar-refractivity contribution in [2.24, 2.45) is 4.99 Å². The number of thiazole rings is 1. The maximum atomic E-state index is 12.5. The molecule has 0 unspecified atom stereocenters. The van der Waals surface area contributed by atoms with E-state index >= 15 is 0 Å². The molecule has 3 rings (SSSR count). The van der Waals surface area contributed by atoms with Gasteiger partial charge in [-0.2, -0.15) is 16.8 Å². The van der Waals surface area contributed by atoms with Crippen LogP contribution in [0.5, 0.6) is 0 Å². The van der Waals surface area contributed by atoms with E-state index in [2.05, 4.69) is 40.9 Å². The lowest BCUT2D eigenvalue weighted by Crippen LogP contribution is -2.18. The van der Waals surface area contributed by atoms with Crippen LogP contribution in [-0.2, 0) is 6.54 Å². The molecular formula is C18H17ClN2OS2. The van der Waals surface area contributed by atoms with Crippen molar-refractivity contribution in [1.29, 1.82) is 0 Å². The molecule has 0 aliphatic carbocycles. The van der Waals surface area contributed by atoms with E-state index in [1.54, 1.807) is 47.4 Å². The minimum atomic E-state index is -0.304. The number of rotatable bonds is 4. The van der Waals surface area contributed by atoms with E-state index in [0.717, 1.165) is 27.3 Å². The Morgan fingerprint density at radius 1 is 1.29 bits per heavy atom. The minimum absolute atomic E-state index is 0.304. The average Bonchev–Trinajstić information content (AvgIpc) is 2.89. The Morgan fingerprint density at radius 3 is 2.83 bits per heavy atom. The number of carbonyl (C=O) groups excluding carboxylic acids is 1. The molecule has 1 aromatic heterocycles. The van der Waals surface area contributed by atoms with Crippen LogP contribution in [0.2, 0.25) is 5.02 Å². The topological polar surface area (TPSA) is 34.4 Å². The third-order valence-electron chi connectivity index (χ3n) is 3.66. The highest BCUT2D eigenvalue weighted by atomic mass is 35.5. The van der Waals surface area contributed by atoms with Crippen molar-refractivity contribution < 1.29 is 4.79 Å². The van der Waals surface area contributed by atoms with Crippen LogP contribution in [0.4, 0.5) is 0 Å². The van der Waals surface area contributed by atoms with Gasteiger partial charge >= 0.3 is 0 Å². The zero-order chi connectivity index (χ0) is 17.1. The predicted octanol–water partition coefficient (Wildman–Crippen LogP) is 4.77. The van der Waals surface area contributed by atoms with Crippen molar-refractivity contribution >= 4 is 50.8 Å². The van der Waals surface area contributed by atoms with E-state index in [1.807, 2.05) is 0 Å². The molecule has 24 heavy (non-hydrogen) atoms. The summed E-state index contributed by atoms with van der Waals surface area (Å²) in [5.41, 5.74) is 2.75. The first kappa shape index (κ1) is 17.3. The monoisotopic (exact) mass is 376 g/mol. The molecule has 0 aliphatic heterocycles. The summed E-state index contributed by atoms with van der Waals surface area (Å²) in [5, 5.41) is 0.430. The Bertz CT molecular complexity index is 959. The van der Waals surface area contributed by atoms with E-state index in [9.17, 15) is 4.79 Å². The van der Waals surface area contributed by atoms with E-state index in [4.69, 9.17) is 11.6 Å². The van der Waals surface area contributed by atoms with Gasteiger partial charge in [-0.3, -0.25) is 4.79 Å². The molecule has 1 heterocycles. The summed E-state index contributed by atoms with van der Waals surface area (Å²) in [5.74, 6) is 0.662. The highest BCUT2D eigenvalue weighted by molar-refractivity contribution is 7.98. The molecular weight excluding hydrogens is 360 g/mol. The summed E-state index contributed by atoms with van der Waals surface area (Å²) in [6, 6.07) is 13.3. The molecule has 0 spiro atoms. The summed E-state index contributed by atoms with van der Waals surface area (Å²) in [7, 11) is 0. The van der Waals surface area contributed by atoms with Crippen LogP contribution in [-0.4, -0.2) is 22.5 Å². The standard InChI is InChI=1S/C18H17ClN2OS2/c1-12-7-8-15-16(11-12)24-18(21(15)9-10-23-2)20-17(22)13-5-3-4-6-14(13)19/h3-8,11H,9-10H2,1-2H3. The van der Waals surface area contributed by atoms with Gasteiger partial charge in [0.1, 0.15) is 0 Å². The fourth-order valence-corrected chi connectivity index (χ4v) is 4.18. The van der Waals surface area contributed by atoms with Gasteiger partial charge in [-0.1, -0.05) is 41.1 Å². The summed E-state index contributed by atoms with van der Waals surface area (Å²) in [6.07, 6.45) is 2.07. The van der Waals surface area contributed by atoms with Crippen LogP contribution in [0.1, 0.15) is 15.9 Å². The van der Waals surface area contributed by atoms with Crippen LogP contribution >= 0.6 is 34.7 Å². The number of hydrogen-bond donors (Lipinski definition) is 0. The number of hydrogen-bond acceptors (Lipinski definition) is 3. The second-order valence-corrected chi connectivity index (χ2v) is 7.80. The predicted molar refractivity (Wildman–Crippen MR) is 104 cm³/mol. The molecule has 0 fully saturated rings. The maximum absolute atomic E-state index is 12.5. The molecule has 0 aliphatic rings. The lowest BCUT2D eigenvalue weighted by molar-refractivity contribution is 0.0998. The van der Waals surface area contributed by atoms with E-state index in [0.29, 0.717) is 10.6 Å². The molecule has 6 heteroatoms. The number of amides is 1. The minimum Gasteiger partial charge on any atom is -0.316 e. The first-order chi connectivity index (χ1) is 11.6. The fraction of sp³-hybridized carbons (Fsp3) is 0.222. The quantitative estimate of drug-likeness (QED) is 0.657. The van der Waals surface area contributed by atoms with Crippen molar-refractivity contribution in [2.75, 3.05) is 12.0 Å². The molecule has 0 N–H and O–H groups in total. The normalized spacial score (nSPS) is 12.0. The summed E-state index contributed by atoms with van der Waals surface area (Å²) in [6.45, 7) is 2.88. The van der Waals surface area contributed by atoms with Gasteiger partial charge in [-0.25, -0.2) is 0 Å². The van der Waals surface area contributed by atoms with Gasteiger partial charge < -0.3 is 4.57 Å². The summed E-state index contributed by atoms with van der Waals surface area (Å²) < 4.78 is 3.26. The van der Waals surface area contributed by atoms with Crippen molar-refractivity contribution in [2.45, 2.75) is 13.5 Å². The van der Waals surface area contributed by atoms with Crippen LogP contribution in [0.25, 0.3) is 10.2 Å². The number of nitrogens with zero attached hydrogens (tertiary/aromatic N) is 2. The molecule has 3 nitrogen and oxygen atoms in total. The average molecular weight is 377 g/mol. The van der Waals surface area contributed by atoms with E-state index in [-0.39, 0.29) is 5.91 Å². The number of fused-ring (bicyclic) bond motifs is 1. The van der Waals surface area contributed by atoms with Crippen molar-refractivity contribution in [1.82, 2.24) is 4.57 Å². The zero-order valence-electron chi connectivity index (χ0n) is 13.5.